The maximum atomic E-state index is 11.1. The summed E-state index contributed by atoms with van der Waals surface area (Å²) in [6, 6.07) is 18.7. The van der Waals surface area contributed by atoms with Crippen molar-refractivity contribution in [3.05, 3.63) is 60.2 Å². The van der Waals surface area contributed by atoms with Crippen molar-refractivity contribution in [1.82, 2.24) is 0 Å². The Morgan fingerprint density at radius 3 is 2.33 bits per heavy atom. The van der Waals surface area contributed by atoms with Crippen LogP contribution in [0.1, 0.15) is 23.2 Å². The number of piperidine rings is 1. The number of hydrogen-bond donors (Lipinski definition) is 1. The van der Waals surface area contributed by atoms with Crippen LogP contribution in [0.2, 0.25) is 0 Å². The predicted octanol–water partition coefficient (Wildman–Crippen LogP) is 3.58. The zero-order valence-corrected chi connectivity index (χ0v) is 12.0. The largest absolute Gasteiger partial charge is 0.382 e. The van der Waals surface area contributed by atoms with Crippen molar-refractivity contribution < 1.29 is 4.79 Å². The lowest BCUT2D eigenvalue weighted by Crippen LogP contribution is -2.39. The van der Waals surface area contributed by atoms with Crippen LogP contribution >= 0.6 is 0 Å². The van der Waals surface area contributed by atoms with Crippen LogP contribution in [-0.4, -0.2) is 25.4 Å². The van der Waals surface area contributed by atoms with E-state index in [1.807, 2.05) is 30.3 Å². The molecule has 3 rings (SSSR count). The van der Waals surface area contributed by atoms with Gasteiger partial charge in [0.1, 0.15) is 0 Å². The van der Waals surface area contributed by atoms with Gasteiger partial charge in [-0.1, -0.05) is 30.3 Å². The molecule has 108 valence electrons. The number of rotatable bonds is 4. The lowest BCUT2D eigenvalue weighted by Gasteiger charge is -2.35. The molecule has 0 aliphatic carbocycles. The highest BCUT2D eigenvalue weighted by atomic mass is 16.1. The van der Waals surface area contributed by atoms with Crippen molar-refractivity contribution in [3.8, 4) is 0 Å². The molecule has 0 unspecified atom stereocenters. The number of benzene rings is 2. The molecule has 0 amide bonds. The quantitative estimate of drug-likeness (QED) is 0.869. The fraction of sp³-hybridized carbons (Fsp3) is 0.278. The van der Waals surface area contributed by atoms with Gasteiger partial charge in [0.25, 0.3) is 0 Å². The van der Waals surface area contributed by atoms with Crippen molar-refractivity contribution in [2.75, 3.05) is 23.3 Å². The summed E-state index contributed by atoms with van der Waals surface area (Å²) in [6.07, 6.45) is 3.12. The van der Waals surface area contributed by atoms with E-state index in [4.69, 9.17) is 0 Å². The lowest BCUT2D eigenvalue weighted by molar-refractivity contribution is 0.112. The highest BCUT2D eigenvalue weighted by Crippen LogP contribution is 2.24. The normalized spacial score (nSPS) is 15.7. The molecule has 2 aromatic rings. The second-order valence-corrected chi connectivity index (χ2v) is 5.45. The molecular formula is C18H20N2O. The van der Waals surface area contributed by atoms with Crippen molar-refractivity contribution >= 4 is 17.7 Å². The summed E-state index contributed by atoms with van der Waals surface area (Å²) in [5.74, 6) is 0. The van der Waals surface area contributed by atoms with E-state index in [1.165, 1.54) is 5.69 Å². The Balaban J connectivity index is 1.61. The minimum atomic E-state index is 0.507. The average molecular weight is 280 g/mol. The van der Waals surface area contributed by atoms with Crippen LogP contribution < -0.4 is 10.2 Å². The Kier molecular flexibility index (Phi) is 4.20. The zero-order valence-electron chi connectivity index (χ0n) is 12.0. The predicted molar refractivity (Wildman–Crippen MR) is 87.1 cm³/mol. The Morgan fingerprint density at radius 2 is 1.62 bits per heavy atom. The van der Waals surface area contributed by atoms with E-state index < -0.39 is 0 Å². The third kappa shape index (κ3) is 3.24. The van der Waals surface area contributed by atoms with Gasteiger partial charge in [-0.2, -0.15) is 0 Å². The van der Waals surface area contributed by atoms with Crippen molar-refractivity contribution in [2.24, 2.45) is 0 Å². The fourth-order valence-corrected chi connectivity index (χ4v) is 2.91. The highest BCUT2D eigenvalue weighted by molar-refractivity contribution is 5.84. The molecule has 1 fully saturated rings. The standard InChI is InChI=1S/C18H20N2O/c21-14-15-6-4-5-9-18(15)20-12-10-17(11-13-20)19-16-7-2-1-3-8-16/h1-9,14,17,19H,10-13H2. The summed E-state index contributed by atoms with van der Waals surface area (Å²) >= 11 is 0. The number of para-hydroxylation sites is 2. The van der Waals surface area contributed by atoms with E-state index in [1.54, 1.807) is 0 Å². The van der Waals surface area contributed by atoms with Crippen LogP contribution in [0.4, 0.5) is 11.4 Å². The number of hydrogen-bond acceptors (Lipinski definition) is 3. The number of carbonyl (C=O) groups is 1. The molecule has 3 nitrogen and oxygen atoms in total. The van der Waals surface area contributed by atoms with Gasteiger partial charge in [-0.3, -0.25) is 4.79 Å². The molecule has 0 bridgehead atoms. The van der Waals surface area contributed by atoms with E-state index in [0.29, 0.717) is 6.04 Å². The second-order valence-electron chi connectivity index (χ2n) is 5.45. The minimum Gasteiger partial charge on any atom is -0.382 e. The fourth-order valence-electron chi connectivity index (χ4n) is 2.91. The Bertz CT molecular complexity index is 589. The van der Waals surface area contributed by atoms with Gasteiger partial charge in [-0.05, 0) is 37.1 Å². The van der Waals surface area contributed by atoms with Crippen LogP contribution in [0.5, 0.6) is 0 Å². The molecule has 2 aromatic carbocycles. The summed E-state index contributed by atoms with van der Waals surface area (Å²) in [5.41, 5.74) is 3.03. The van der Waals surface area contributed by atoms with Gasteiger partial charge in [0.2, 0.25) is 0 Å². The average Bonchev–Trinajstić information content (AvgIpc) is 2.56. The molecule has 0 aromatic heterocycles. The molecule has 0 atom stereocenters. The van der Waals surface area contributed by atoms with Crippen molar-refractivity contribution in [3.63, 3.8) is 0 Å². The Morgan fingerprint density at radius 1 is 0.952 bits per heavy atom. The first-order chi connectivity index (χ1) is 10.4. The lowest BCUT2D eigenvalue weighted by atomic mass is 10.0. The Hall–Kier alpha value is -2.29. The molecular weight excluding hydrogens is 260 g/mol. The summed E-state index contributed by atoms with van der Waals surface area (Å²) in [4.78, 5) is 13.4. The third-order valence-electron chi connectivity index (χ3n) is 4.04. The molecule has 0 saturated carbocycles. The van der Waals surface area contributed by atoms with E-state index in [-0.39, 0.29) is 0 Å². The monoisotopic (exact) mass is 280 g/mol. The molecule has 0 radical (unpaired) electrons. The first-order valence-electron chi connectivity index (χ1n) is 7.47. The maximum absolute atomic E-state index is 11.1. The van der Waals surface area contributed by atoms with Crippen molar-refractivity contribution in [1.29, 1.82) is 0 Å². The molecule has 21 heavy (non-hydrogen) atoms. The van der Waals surface area contributed by atoms with Gasteiger partial charge in [0, 0.05) is 36.1 Å². The smallest absolute Gasteiger partial charge is 0.152 e. The Labute approximate surface area is 125 Å². The molecule has 1 N–H and O–H groups in total. The zero-order chi connectivity index (χ0) is 14.5. The molecule has 0 spiro atoms. The maximum Gasteiger partial charge on any atom is 0.152 e. The molecule has 1 heterocycles. The number of carbonyl (C=O) groups excluding carboxylic acids is 1. The molecule has 1 saturated heterocycles. The SMILES string of the molecule is O=Cc1ccccc1N1CCC(Nc2ccccc2)CC1. The van der Waals surface area contributed by atoms with E-state index >= 15 is 0 Å². The summed E-state index contributed by atoms with van der Waals surface area (Å²) in [6.45, 7) is 1.96. The molecule has 1 aliphatic heterocycles. The first kappa shape index (κ1) is 13.7. The number of anilines is 2. The summed E-state index contributed by atoms with van der Waals surface area (Å²) < 4.78 is 0. The van der Waals surface area contributed by atoms with Crippen LogP contribution in [0, 0.1) is 0 Å². The third-order valence-corrected chi connectivity index (χ3v) is 4.04. The van der Waals surface area contributed by atoms with Crippen LogP contribution in [0.3, 0.4) is 0 Å². The van der Waals surface area contributed by atoms with E-state index in [9.17, 15) is 4.79 Å². The van der Waals surface area contributed by atoms with Gasteiger partial charge >= 0.3 is 0 Å². The van der Waals surface area contributed by atoms with Crippen LogP contribution in [0.15, 0.2) is 54.6 Å². The first-order valence-corrected chi connectivity index (χ1v) is 7.47. The number of nitrogens with one attached hydrogen (secondary N) is 1. The number of aldehydes is 1. The second kappa shape index (κ2) is 6.44. The van der Waals surface area contributed by atoms with E-state index in [2.05, 4.69) is 34.5 Å². The highest BCUT2D eigenvalue weighted by Gasteiger charge is 2.20. The van der Waals surface area contributed by atoms with Gasteiger partial charge < -0.3 is 10.2 Å². The summed E-state index contributed by atoms with van der Waals surface area (Å²) in [5, 5.41) is 3.59. The van der Waals surface area contributed by atoms with Crippen LogP contribution in [0.25, 0.3) is 0 Å². The van der Waals surface area contributed by atoms with Gasteiger partial charge in [0.15, 0.2) is 6.29 Å². The topological polar surface area (TPSA) is 32.3 Å². The van der Waals surface area contributed by atoms with Gasteiger partial charge in [-0.15, -0.1) is 0 Å². The minimum absolute atomic E-state index is 0.507. The molecule has 1 aliphatic rings. The van der Waals surface area contributed by atoms with E-state index in [0.717, 1.165) is 43.5 Å². The van der Waals surface area contributed by atoms with Gasteiger partial charge in [-0.25, -0.2) is 0 Å². The number of nitrogens with zero attached hydrogens (tertiary/aromatic N) is 1. The van der Waals surface area contributed by atoms with Crippen LogP contribution in [-0.2, 0) is 0 Å². The molecule has 3 heteroatoms. The van der Waals surface area contributed by atoms with Gasteiger partial charge in [0.05, 0.1) is 0 Å². The summed E-state index contributed by atoms with van der Waals surface area (Å²) in [7, 11) is 0. The van der Waals surface area contributed by atoms with Crippen molar-refractivity contribution in [2.45, 2.75) is 18.9 Å².